The van der Waals surface area contributed by atoms with Gasteiger partial charge in [0.2, 0.25) is 5.91 Å². The fourth-order valence-corrected chi connectivity index (χ4v) is 6.12. The molecule has 1 aliphatic carbocycles. The Kier molecular flexibility index (Phi) is 8.45. The first-order valence-electron chi connectivity index (χ1n) is 14.4. The highest BCUT2D eigenvalue weighted by molar-refractivity contribution is 5.96. The number of hydrogen-bond acceptors (Lipinski definition) is 3. The topological polar surface area (TPSA) is 68.4 Å². The number of aromatic nitrogens is 1. The molecule has 2 aliphatic heterocycles. The molecule has 37 heavy (non-hydrogen) atoms. The molecule has 2 amide bonds. The number of benzene rings is 1. The molecule has 3 heterocycles. The highest BCUT2D eigenvalue weighted by atomic mass is 16.2. The van der Waals surface area contributed by atoms with Gasteiger partial charge in [-0.05, 0) is 107 Å². The Morgan fingerprint density at radius 3 is 2.65 bits per heavy atom. The zero-order valence-electron chi connectivity index (χ0n) is 22.4. The zero-order chi connectivity index (χ0) is 25.6. The summed E-state index contributed by atoms with van der Waals surface area (Å²) in [6.45, 7) is 6.89. The quantitative estimate of drug-likeness (QED) is 0.455. The maximum absolute atomic E-state index is 13.3. The number of nitrogens with one attached hydrogen (secondary N) is 2. The molecule has 1 saturated heterocycles. The molecule has 0 bridgehead atoms. The smallest absolute Gasteiger partial charge is 0.267 e. The Labute approximate surface area is 221 Å². The van der Waals surface area contributed by atoms with Gasteiger partial charge in [-0.1, -0.05) is 36.6 Å². The van der Waals surface area contributed by atoms with Gasteiger partial charge in [-0.3, -0.25) is 9.59 Å². The van der Waals surface area contributed by atoms with Crippen LogP contribution < -0.4 is 10.2 Å². The predicted molar refractivity (Wildman–Crippen MR) is 150 cm³/mol. The number of anilines is 1. The summed E-state index contributed by atoms with van der Waals surface area (Å²) in [5.41, 5.74) is 6.84. The third kappa shape index (κ3) is 6.35. The molecule has 0 atom stereocenters. The first-order chi connectivity index (χ1) is 18.1. The van der Waals surface area contributed by atoms with Crippen molar-refractivity contribution in [1.29, 1.82) is 0 Å². The number of hydrogen-bond donors (Lipinski definition) is 2. The van der Waals surface area contributed by atoms with Gasteiger partial charge in [0.05, 0.1) is 0 Å². The van der Waals surface area contributed by atoms with Crippen LogP contribution in [0.2, 0.25) is 0 Å². The highest BCUT2D eigenvalue weighted by Crippen LogP contribution is 2.30. The van der Waals surface area contributed by atoms with Crippen LogP contribution in [0.3, 0.4) is 0 Å². The number of allylic oxidation sites excluding steroid dienone is 1. The molecular weight excluding hydrogens is 460 g/mol. The molecule has 1 aromatic carbocycles. The van der Waals surface area contributed by atoms with E-state index >= 15 is 0 Å². The second-order valence-electron chi connectivity index (χ2n) is 11.1. The number of aromatic amines is 1. The molecule has 6 heteroatoms. The molecule has 0 unspecified atom stereocenters. The number of H-pyrrole nitrogens is 1. The Balaban J connectivity index is 0.945. The van der Waals surface area contributed by atoms with E-state index in [1.807, 2.05) is 12.1 Å². The van der Waals surface area contributed by atoms with E-state index in [-0.39, 0.29) is 11.8 Å². The van der Waals surface area contributed by atoms with Crippen LogP contribution in [0.1, 0.15) is 85.6 Å². The Morgan fingerprint density at radius 1 is 0.973 bits per heavy atom. The number of carbonyl (C=O) groups excluding carboxylic acids is 2. The van der Waals surface area contributed by atoms with Gasteiger partial charge in [-0.15, -0.1) is 0 Å². The lowest BCUT2D eigenvalue weighted by Crippen LogP contribution is -2.44. The summed E-state index contributed by atoms with van der Waals surface area (Å²) < 4.78 is 0. The van der Waals surface area contributed by atoms with Gasteiger partial charge in [-0.2, -0.15) is 0 Å². The lowest BCUT2D eigenvalue weighted by atomic mass is 9.93. The van der Waals surface area contributed by atoms with Gasteiger partial charge in [0.25, 0.3) is 5.91 Å². The van der Waals surface area contributed by atoms with Crippen molar-refractivity contribution >= 4 is 23.6 Å². The monoisotopic (exact) mass is 502 g/mol. The van der Waals surface area contributed by atoms with E-state index in [1.54, 1.807) is 0 Å². The van der Waals surface area contributed by atoms with E-state index in [0.717, 1.165) is 95.5 Å². The summed E-state index contributed by atoms with van der Waals surface area (Å²) in [7, 11) is 0. The average Bonchev–Trinajstić information content (AvgIpc) is 3.35. The van der Waals surface area contributed by atoms with Crippen molar-refractivity contribution in [2.45, 2.75) is 71.1 Å². The van der Waals surface area contributed by atoms with Gasteiger partial charge in [0.15, 0.2) is 0 Å². The van der Waals surface area contributed by atoms with E-state index in [2.05, 4.69) is 51.3 Å². The standard InChI is InChI=1S/C31H42N4O2/c1-23-12-13-26-22-28(33-27(26)21-23)30(36)32-16-6-2-3-7-17-34-19-14-25(15-20-34)31(37)35-18-8-10-24-9-4-5-11-29(24)35/h4-5,9,11,21-22,25,33H,2-3,6-8,10,12-20H2,1H3,(H,32,36). The molecule has 2 N–H and O–H groups in total. The van der Waals surface area contributed by atoms with Crippen molar-refractivity contribution in [1.82, 2.24) is 15.2 Å². The predicted octanol–water partition coefficient (Wildman–Crippen LogP) is 5.35. The molecule has 1 fully saturated rings. The lowest BCUT2D eigenvalue weighted by molar-refractivity contribution is -0.123. The Morgan fingerprint density at radius 2 is 1.78 bits per heavy atom. The van der Waals surface area contributed by atoms with Crippen molar-refractivity contribution in [3.05, 3.63) is 58.4 Å². The second-order valence-corrected chi connectivity index (χ2v) is 11.1. The summed E-state index contributed by atoms with van der Waals surface area (Å²) in [6.07, 6.45) is 12.9. The molecular formula is C31H42N4O2. The summed E-state index contributed by atoms with van der Waals surface area (Å²) in [5, 5.41) is 3.07. The number of amides is 2. The van der Waals surface area contributed by atoms with Gasteiger partial charge < -0.3 is 20.1 Å². The molecule has 2 aromatic rings. The van der Waals surface area contributed by atoms with E-state index < -0.39 is 0 Å². The molecule has 1 aromatic heterocycles. The fraction of sp³-hybridized carbons (Fsp3) is 0.548. The average molecular weight is 503 g/mol. The summed E-state index contributed by atoms with van der Waals surface area (Å²) >= 11 is 0. The zero-order valence-corrected chi connectivity index (χ0v) is 22.4. The number of carbonyl (C=O) groups is 2. The van der Waals surface area contributed by atoms with Crippen LogP contribution in [-0.4, -0.2) is 54.4 Å². The van der Waals surface area contributed by atoms with E-state index in [0.29, 0.717) is 11.6 Å². The van der Waals surface area contributed by atoms with Crippen molar-refractivity contribution in [3.8, 4) is 0 Å². The number of likely N-dealkylation sites (tertiary alicyclic amines) is 1. The summed E-state index contributed by atoms with van der Waals surface area (Å²) in [4.78, 5) is 33.6. The first kappa shape index (κ1) is 25.8. The molecule has 0 radical (unpaired) electrons. The first-order valence-corrected chi connectivity index (χ1v) is 14.4. The number of piperidine rings is 1. The maximum atomic E-state index is 13.3. The number of aryl methyl sites for hydroxylation is 2. The summed E-state index contributed by atoms with van der Waals surface area (Å²) in [6, 6.07) is 10.4. The third-order valence-electron chi connectivity index (χ3n) is 8.36. The van der Waals surface area contributed by atoms with Gasteiger partial charge in [0, 0.05) is 30.4 Å². The van der Waals surface area contributed by atoms with Crippen molar-refractivity contribution in [3.63, 3.8) is 0 Å². The number of para-hydroxylation sites is 1. The van der Waals surface area contributed by atoms with Crippen LogP contribution in [0.15, 0.2) is 35.9 Å². The summed E-state index contributed by atoms with van der Waals surface area (Å²) in [5.74, 6) is 0.502. The maximum Gasteiger partial charge on any atom is 0.267 e. The lowest BCUT2D eigenvalue weighted by Gasteiger charge is -2.36. The molecule has 198 valence electrons. The van der Waals surface area contributed by atoms with Gasteiger partial charge in [-0.25, -0.2) is 0 Å². The van der Waals surface area contributed by atoms with E-state index in [4.69, 9.17) is 0 Å². The largest absolute Gasteiger partial charge is 0.351 e. The van der Waals surface area contributed by atoms with Crippen LogP contribution >= 0.6 is 0 Å². The molecule has 5 rings (SSSR count). The van der Waals surface area contributed by atoms with Crippen LogP contribution in [0, 0.1) is 5.92 Å². The van der Waals surface area contributed by atoms with Gasteiger partial charge >= 0.3 is 0 Å². The van der Waals surface area contributed by atoms with Crippen molar-refractivity contribution < 1.29 is 9.59 Å². The molecule has 3 aliphatic rings. The minimum absolute atomic E-state index is 0.00547. The molecule has 6 nitrogen and oxygen atoms in total. The highest BCUT2D eigenvalue weighted by Gasteiger charge is 2.31. The number of unbranched alkanes of at least 4 members (excludes halogenated alkanes) is 3. The second kappa shape index (κ2) is 12.1. The number of rotatable bonds is 9. The Bertz CT molecular complexity index is 1130. The molecule has 0 saturated carbocycles. The van der Waals surface area contributed by atoms with Crippen LogP contribution in [0.4, 0.5) is 5.69 Å². The minimum atomic E-state index is 0.00547. The fourth-order valence-electron chi connectivity index (χ4n) is 6.12. The van der Waals surface area contributed by atoms with Crippen molar-refractivity contribution in [2.75, 3.05) is 37.6 Å². The van der Waals surface area contributed by atoms with Crippen LogP contribution in [0.5, 0.6) is 0 Å². The van der Waals surface area contributed by atoms with Crippen LogP contribution in [0.25, 0.3) is 6.08 Å². The normalized spacial score (nSPS) is 18.2. The van der Waals surface area contributed by atoms with Crippen molar-refractivity contribution in [2.24, 2.45) is 5.92 Å². The van der Waals surface area contributed by atoms with Crippen LogP contribution in [-0.2, 0) is 17.6 Å². The number of nitrogens with zero attached hydrogens (tertiary/aromatic N) is 2. The Hall–Kier alpha value is -2.86. The number of fused-ring (bicyclic) bond motifs is 2. The molecule has 0 spiro atoms. The van der Waals surface area contributed by atoms with E-state index in [9.17, 15) is 9.59 Å². The van der Waals surface area contributed by atoms with E-state index in [1.165, 1.54) is 29.5 Å². The van der Waals surface area contributed by atoms with Gasteiger partial charge in [0.1, 0.15) is 5.69 Å². The SMILES string of the molecule is CC1=Cc2[nH]c(C(=O)NCCCCCCN3CCC(C(=O)N4CCCc5ccccc54)CC3)cc2CC1. The minimum Gasteiger partial charge on any atom is -0.351 e. The third-order valence-corrected chi connectivity index (χ3v) is 8.36.